The highest BCUT2D eigenvalue weighted by Crippen LogP contribution is 2.22. The molecule has 5 nitrogen and oxygen atoms in total. The zero-order valence-electron chi connectivity index (χ0n) is 10.2. The molecular weight excluding hydrogens is 300 g/mol. The molecular formula is C13H11ClN2O3S. The number of nitrogens with one attached hydrogen (secondary N) is 1. The number of rotatable bonds is 3. The number of nitrogens with two attached hydrogens (primary N) is 1. The van der Waals surface area contributed by atoms with Gasteiger partial charge in [0.2, 0.25) is 9.84 Å². The SMILES string of the molecule is NNC(=O)c1ccc(S(=O)(=O)c2ccc(Cl)cc2)cc1. The van der Waals surface area contributed by atoms with Crippen molar-refractivity contribution >= 4 is 27.3 Å². The van der Waals surface area contributed by atoms with Crippen LogP contribution in [0.3, 0.4) is 0 Å². The molecule has 0 bridgehead atoms. The van der Waals surface area contributed by atoms with Gasteiger partial charge in [0, 0.05) is 10.6 Å². The highest BCUT2D eigenvalue weighted by Gasteiger charge is 2.17. The van der Waals surface area contributed by atoms with Crippen LogP contribution in [0.5, 0.6) is 0 Å². The number of hydrazine groups is 1. The van der Waals surface area contributed by atoms with Gasteiger partial charge in [-0.1, -0.05) is 11.6 Å². The first-order valence-corrected chi connectivity index (χ1v) is 7.43. The molecule has 0 aliphatic carbocycles. The van der Waals surface area contributed by atoms with Gasteiger partial charge in [-0.25, -0.2) is 14.3 Å². The zero-order chi connectivity index (χ0) is 14.8. The van der Waals surface area contributed by atoms with E-state index in [1.165, 1.54) is 48.5 Å². The minimum Gasteiger partial charge on any atom is -0.290 e. The lowest BCUT2D eigenvalue weighted by atomic mass is 10.2. The van der Waals surface area contributed by atoms with Gasteiger partial charge in [-0.2, -0.15) is 0 Å². The molecule has 2 aromatic rings. The quantitative estimate of drug-likeness (QED) is 0.514. The molecule has 0 aliphatic heterocycles. The summed E-state index contributed by atoms with van der Waals surface area (Å²) < 4.78 is 24.7. The summed E-state index contributed by atoms with van der Waals surface area (Å²) in [4.78, 5) is 11.5. The molecule has 3 N–H and O–H groups in total. The standard InChI is InChI=1S/C13H11ClN2O3S/c14-10-3-7-12(8-4-10)20(18,19)11-5-1-9(2-6-11)13(17)16-15/h1-8H,15H2,(H,16,17). The predicted molar refractivity (Wildman–Crippen MR) is 75.0 cm³/mol. The first-order chi connectivity index (χ1) is 9.45. The molecule has 20 heavy (non-hydrogen) atoms. The fraction of sp³-hybridized carbons (Fsp3) is 0. The van der Waals surface area contributed by atoms with Gasteiger partial charge in [-0.05, 0) is 48.5 Å². The number of nitrogen functional groups attached to an aromatic ring is 1. The number of carbonyl (C=O) groups is 1. The molecule has 0 spiro atoms. The van der Waals surface area contributed by atoms with Crippen molar-refractivity contribution in [1.29, 1.82) is 0 Å². The molecule has 7 heteroatoms. The van der Waals surface area contributed by atoms with E-state index in [4.69, 9.17) is 17.4 Å². The second-order valence-electron chi connectivity index (χ2n) is 3.96. The topological polar surface area (TPSA) is 89.3 Å². The van der Waals surface area contributed by atoms with Gasteiger partial charge in [0.25, 0.3) is 5.91 Å². The summed E-state index contributed by atoms with van der Waals surface area (Å²) in [5, 5.41) is 0.457. The lowest BCUT2D eigenvalue weighted by Crippen LogP contribution is -2.29. The Morgan fingerprint density at radius 3 is 1.85 bits per heavy atom. The van der Waals surface area contributed by atoms with E-state index in [-0.39, 0.29) is 15.4 Å². The highest BCUT2D eigenvalue weighted by molar-refractivity contribution is 7.91. The molecule has 0 radical (unpaired) electrons. The fourth-order valence-corrected chi connectivity index (χ4v) is 3.01. The fourth-order valence-electron chi connectivity index (χ4n) is 1.62. The van der Waals surface area contributed by atoms with E-state index < -0.39 is 15.7 Å². The molecule has 0 aromatic heterocycles. The molecule has 0 heterocycles. The zero-order valence-corrected chi connectivity index (χ0v) is 11.8. The highest BCUT2D eigenvalue weighted by atomic mass is 35.5. The maximum absolute atomic E-state index is 12.3. The Kier molecular flexibility index (Phi) is 4.08. The van der Waals surface area contributed by atoms with Crippen molar-refractivity contribution < 1.29 is 13.2 Å². The molecule has 0 saturated heterocycles. The Morgan fingerprint density at radius 2 is 1.40 bits per heavy atom. The van der Waals surface area contributed by atoms with E-state index in [2.05, 4.69) is 0 Å². The van der Waals surface area contributed by atoms with Crippen LogP contribution in [0, 0.1) is 0 Å². The van der Waals surface area contributed by atoms with Gasteiger partial charge in [0.1, 0.15) is 0 Å². The third kappa shape index (κ3) is 2.82. The van der Waals surface area contributed by atoms with Crippen LogP contribution in [-0.2, 0) is 9.84 Å². The summed E-state index contributed by atoms with van der Waals surface area (Å²) in [7, 11) is -3.63. The summed E-state index contributed by atoms with van der Waals surface area (Å²) >= 11 is 5.73. The van der Waals surface area contributed by atoms with Crippen molar-refractivity contribution in [3.8, 4) is 0 Å². The van der Waals surface area contributed by atoms with Crippen molar-refractivity contribution in [2.45, 2.75) is 9.79 Å². The van der Waals surface area contributed by atoms with Gasteiger partial charge in [0.15, 0.2) is 0 Å². The normalized spacial score (nSPS) is 11.1. The number of amides is 1. The number of sulfone groups is 1. The lowest BCUT2D eigenvalue weighted by Gasteiger charge is -2.06. The van der Waals surface area contributed by atoms with Crippen molar-refractivity contribution in [3.63, 3.8) is 0 Å². The van der Waals surface area contributed by atoms with E-state index in [1.807, 2.05) is 5.43 Å². The largest absolute Gasteiger partial charge is 0.290 e. The number of hydrogen-bond acceptors (Lipinski definition) is 4. The third-order valence-corrected chi connectivity index (χ3v) is 4.72. The number of carbonyl (C=O) groups excluding carboxylic acids is 1. The van der Waals surface area contributed by atoms with Crippen LogP contribution in [0.2, 0.25) is 5.02 Å². The first-order valence-electron chi connectivity index (χ1n) is 5.57. The van der Waals surface area contributed by atoms with Gasteiger partial charge in [-0.3, -0.25) is 10.2 Å². The molecule has 2 aromatic carbocycles. The van der Waals surface area contributed by atoms with E-state index in [0.717, 1.165) is 0 Å². The summed E-state index contributed by atoms with van der Waals surface area (Å²) in [6.07, 6.45) is 0. The predicted octanol–water partition coefficient (Wildman–Crippen LogP) is 1.78. The van der Waals surface area contributed by atoms with Crippen LogP contribution >= 0.6 is 11.6 Å². The van der Waals surface area contributed by atoms with E-state index >= 15 is 0 Å². The van der Waals surface area contributed by atoms with Crippen molar-refractivity contribution in [1.82, 2.24) is 5.43 Å². The first kappa shape index (κ1) is 14.5. The average molecular weight is 311 g/mol. The maximum atomic E-state index is 12.3. The van der Waals surface area contributed by atoms with Crippen LogP contribution in [-0.4, -0.2) is 14.3 Å². The van der Waals surface area contributed by atoms with Crippen molar-refractivity contribution in [3.05, 3.63) is 59.1 Å². The Hall–Kier alpha value is -1.89. The number of halogens is 1. The third-order valence-electron chi connectivity index (χ3n) is 2.68. The second-order valence-corrected chi connectivity index (χ2v) is 6.34. The van der Waals surface area contributed by atoms with E-state index in [1.54, 1.807) is 0 Å². The molecule has 0 aliphatic rings. The minimum atomic E-state index is -3.63. The van der Waals surface area contributed by atoms with Gasteiger partial charge in [0.05, 0.1) is 9.79 Å². The van der Waals surface area contributed by atoms with Crippen LogP contribution in [0.4, 0.5) is 0 Å². The Balaban J connectivity index is 2.40. The number of benzene rings is 2. The van der Waals surface area contributed by atoms with Crippen LogP contribution in [0.25, 0.3) is 0 Å². The molecule has 2 rings (SSSR count). The van der Waals surface area contributed by atoms with Gasteiger partial charge >= 0.3 is 0 Å². The average Bonchev–Trinajstić information content (AvgIpc) is 2.47. The van der Waals surface area contributed by atoms with E-state index in [9.17, 15) is 13.2 Å². The van der Waals surface area contributed by atoms with E-state index in [0.29, 0.717) is 5.02 Å². The molecule has 104 valence electrons. The molecule has 0 saturated carbocycles. The molecule has 1 amide bonds. The number of hydrogen-bond donors (Lipinski definition) is 2. The summed E-state index contributed by atoms with van der Waals surface area (Å²) in [6.45, 7) is 0. The minimum absolute atomic E-state index is 0.0911. The van der Waals surface area contributed by atoms with Crippen LogP contribution in [0.15, 0.2) is 58.3 Å². The van der Waals surface area contributed by atoms with Crippen LogP contribution in [0.1, 0.15) is 10.4 Å². The summed E-state index contributed by atoms with van der Waals surface area (Å²) in [5.74, 6) is 4.52. The Bertz CT molecular complexity index is 725. The smallest absolute Gasteiger partial charge is 0.265 e. The molecule has 0 fully saturated rings. The molecule has 0 atom stereocenters. The molecule has 0 unspecified atom stereocenters. The van der Waals surface area contributed by atoms with Crippen molar-refractivity contribution in [2.75, 3.05) is 0 Å². The summed E-state index contributed by atoms with van der Waals surface area (Å²) in [5.41, 5.74) is 2.25. The summed E-state index contributed by atoms with van der Waals surface area (Å²) in [6, 6.07) is 11.4. The maximum Gasteiger partial charge on any atom is 0.265 e. The lowest BCUT2D eigenvalue weighted by molar-refractivity contribution is 0.0953. The Labute approximate surface area is 121 Å². The second kappa shape index (κ2) is 5.62. The van der Waals surface area contributed by atoms with Gasteiger partial charge in [-0.15, -0.1) is 0 Å². The van der Waals surface area contributed by atoms with Gasteiger partial charge < -0.3 is 0 Å². The van der Waals surface area contributed by atoms with Crippen molar-refractivity contribution in [2.24, 2.45) is 5.84 Å². The monoisotopic (exact) mass is 310 g/mol. The Morgan fingerprint density at radius 1 is 0.950 bits per heavy atom. The van der Waals surface area contributed by atoms with Crippen LogP contribution < -0.4 is 11.3 Å².